The fourth-order valence-corrected chi connectivity index (χ4v) is 1.98. The molecule has 0 saturated heterocycles. The molecular formula is C16H20N2O3. The van der Waals surface area contributed by atoms with Crippen LogP contribution in [0.3, 0.4) is 0 Å². The van der Waals surface area contributed by atoms with Crippen LogP contribution in [-0.2, 0) is 9.53 Å². The molecule has 1 aromatic heterocycles. The topological polar surface area (TPSA) is 71.2 Å². The zero-order chi connectivity index (χ0) is 15.6. The summed E-state index contributed by atoms with van der Waals surface area (Å²) < 4.78 is 5.24. The molecule has 0 aliphatic rings. The molecule has 0 fully saturated rings. The van der Waals surface area contributed by atoms with Crippen molar-refractivity contribution >= 4 is 22.8 Å². The highest BCUT2D eigenvalue weighted by Crippen LogP contribution is 2.17. The first-order valence-corrected chi connectivity index (χ1v) is 6.88. The van der Waals surface area contributed by atoms with E-state index >= 15 is 0 Å². The standard InChI is InChI=1S/C16H20N2O3/c1-10(15(20)21-16(2,3)4)18-14(19)12-9-17-13-8-6-5-7-11(12)13/h5-10,17H,1-4H3,(H,18,19)/t10-/m1/s1. The number of hydrogen-bond donors (Lipinski definition) is 2. The van der Waals surface area contributed by atoms with Crippen LogP contribution < -0.4 is 5.32 Å². The van der Waals surface area contributed by atoms with Gasteiger partial charge in [0.2, 0.25) is 0 Å². The summed E-state index contributed by atoms with van der Waals surface area (Å²) in [6.07, 6.45) is 1.64. The number of nitrogens with one attached hydrogen (secondary N) is 2. The van der Waals surface area contributed by atoms with Crippen molar-refractivity contribution in [3.8, 4) is 0 Å². The number of aromatic amines is 1. The molecule has 1 heterocycles. The molecule has 2 N–H and O–H groups in total. The maximum atomic E-state index is 12.3. The van der Waals surface area contributed by atoms with E-state index in [-0.39, 0.29) is 5.91 Å². The van der Waals surface area contributed by atoms with Gasteiger partial charge in [0.15, 0.2) is 0 Å². The quantitative estimate of drug-likeness (QED) is 0.853. The molecule has 112 valence electrons. The van der Waals surface area contributed by atoms with E-state index in [1.807, 2.05) is 24.3 Å². The molecule has 0 saturated carbocycles. The summed E-state index contributed by atoms with van der Waals surface area (Å²) in [7, 11) is 0. The van der Waals surface area contributed by atoms with Gasteiger partial charge in [0.1, 0.15) is 11.6 Å². The molecule has 1 atom stereocenters. The first kappa shape index (κ1) is 15.1. The van der Waals surface area contributed by atoms with Crippen LogP contribution in [0.5, 0.6) is 0 Å². The van der Waals surface area contributed by atoms with Gasteiger partial charge in [-0.25, -0.2) is 4.79 Å². The molecule has 21 heavy (non-hydrogen) atoms. The Kier molecular flexibility index (Phi) is 4.02. The largest absolute Gasteiger partial charge is 0.458 e. The van der Waals surface area contributed by atoms with Gasteiger partial charge in [-0.2, -0.15) is 0 Å². The predicted octanol–water partition coefficient (Wildman–Crippen LogP) is 2.63. The van der Waals surface area contributed by atoms with E-state index in [9.17, 15) is 9.59 Å². The summed E-state index contributed by atoms with van der Waals surface area (Å²) in [4.78, 5) is 27.2. The highest BCUT2D eigenvalue weighted by atomic mass is 16.6. The fourth-order valence-electron chi connectivity index (χ4n) is 1.98. The molecule has 2 aromatic rings. The van der Waals surface area contributed by atoms with Gasteiger partial charge < -0.3 is 15.0 Å². The Bertz CT molecular complexity index is 667. The fraction of sp³-hybridized carbons (Fsp3) is 0.375. The summed E-state index contributed by atoms with van der Waals surface area (Å²) >= 11 is 0. The third-order valence-electron chi connectivity index (χ3n) is 2.94. The van der Waals surface area contributed by atoms with Gasteiger partial charge in [-0.3, -0.25) is 4.79 Å². The van der Waals surface area contributed by atoms with Crippen LogP contribution in [-0.4, -0.2) is 28.5 Å². The minimum Gasteiger partial charge on any atom is -0.458 e. The van der Waals surface area contributed by atoms with Crippen molar-refractivity contribution < 1.29 is 14.3 Å². The van der Waals surface area contributed by atoms with Crippen LogP contribution in [0.2, 0.25) is 0 Å². The minimum absolute atomic E-state index is 0.300. The third kappa shape index (κ3) is 3.62. The van der Waals surface area contributed by atoms with Gasteiger partial charge >= 0.3 is 5.97 Å². The number of para-hydroxylation sites is 1. The van der Waals surface area contributed by atoms with Crippen molar-refractivity contribution in [3.63, 3.8) is 0 Å². The van der Waals surface area contributed by atoms with E-state index in [0.29, 0.717) is 5.56 Å². The highest BCUT2D eigenvalue weighted by molar-refractivity contribution is 6.07. The number of esters is 1. The van der Waals surface area contributed by atoms with E-state index in [2.05, 4.69) is 10.3 Å². The van der Waals surface area contributed by atoms with Crippen molar-refractivity contribution in [1.29, 1.82) is 0 Å². The summed E-state index contributed by atoms with van der Waals surface area (Å²) in [5.74, 6) is -0.749. The Hall–Kier alpha value is -2.30. The summed E-state index contributed by atoms with van der Waals surface area (Å²) in [6, 6.07) is 6.81. The number of carbonyl (C=O) groups is 2. The van der Waals surface area contributed by atoms with E-state index < -0.39 is 17.6 Å². The molecule has 1 amide bonds. The maximum Gasteiger partial charge on any atom is 0.328 e. The highest BCUT2D eigenvalue weighted by Gasteiger charge is 2.24. The minimum atomic E-state index is -0.703. The number of rotatable bonds is 3. The van der Waals surface area contributed by atoms with E-state index in [1.165, 1.54) is 0 Å². The molecule has 5 nitrogen and oxygen atoms in total. The smallest absolute Gasteiger partial charge is 0.328 e. The lowest BCUT2D eigenvalue weighted by Crippen LogP contribution is -2.42. The number of carbonyl (C=O) groups excluding carboxylic acids is 2. The van der Waals surface area contributed by atoms with Gasteiger partial charge in [0.25, 0.3) is 5.91 Å². The van der Waals surface area contributed by atoms with E-state index in [1.54, 1.807) is 33.9 Å². The molecule has 0 aliphatic heterocycles. The average molecular weight is 288 g/mol. The average Bonchev–Trinajstić information content (AvgIpc) is 2.80. The van der Waals surface area contributed by atoms with E-state index in [4.69, 9.17) is 4.74 Å². The molecular weight excluding hydrogens is 268 g/mol. The zero-order valence-corrected chi connectivity index (χ0v) is 12.7. The number of ether oxygens (including phenoxy) is 1. The Labute approximate surface area is 123 Å². The maximum absolute atomic E-state index is 12.3. The number of H-pyrrole nitrogens is 1. The van der Waals surface area contributed by atoms with Crippen LogP contribution in [0.25, 0.3) is 10.9 Å². The Balaban J connectivity index is 2.09. The van der Waals surface area contributed by atoms with Crippen molar-refractivity contribution in [2.24, 2.45) is 0 Å². The number of hydrogen-bond acceptors (Lipinski definition) is 3. The summed E-state index contributed by atoms with van der Waals surface area (Å²) in [5.41, 5.74) is 0.824. The van der Waals surface area contributed by atoms with Crippen molar-refractivity contribution in [2.75, 3.05) is 0 Å². The number of fused-ring (bicyclic) bond motifs is 1. The summed E-state index contributed by atoms with van der Waals surface area (Å²) in [6.45, 7) is 6.98. The number of amides is 1. The third-order valence-corrected chi connectivity index (χ3v) is 2.94. The van der Waals surface area contributed by atoms with Gasteiger partial charge in [-0.1, -0.05) is 18.2 Å². The Morgan fingerprint density at radius 3 is 2.57 bits per heavy atom. The first-order chi connectivity index (χ1) is 9.78. The molecule has 5 heteroatoms. The zero-order valence-electron chi connectivity index (χ0n) is 12.7. The Morgan fingerprint density at radius 1 is 1.24 bits per heavy atom. The molecule has 0 radical (unpaired) electrons. The molecule has 0 bridgehead atoms. The summed E-state index contributed by atoms with van der Waals surface area (Å²) in [5, 5.41) is 3.49. The second-order valence-electron chi connectivity index (χ2n) is 5.98. The van der Waals surface area contributed by atoms with Gasteiger partial charge in [0.05, 0.1) is 5.56 Å². The second-order valence-corrected chi connectivity index (χ2v) is 5.98. The van der Waals surface area contributed by atoms with E-state index in [0.717, 1.165) is 10.9 Å². The van der Waals surface area contributed by atoms with Crippen molar-refractivity contribution in [1.82, 2.24) is 10.3 Å². The lowest BCUT2D eigenvalue weighted by molar-refractivity contribution is -0.156. The van der Waals surface area contributed by atoms with Crippen LogP contribution in [0.1, 0.15) is 38.1 Å². The molecule has 0 spiro atoms. The van der Waals surface area contributed by atoms with Gasteiger partial charge in [0, 0.05) is 17.1 Å². The van der Waals surface area contributed by atoms with Crippen LogP contribution in [0, 0.1) is 0 Å². The second kappa shape index (κ2) is 5.60. The van der Waals surface area contributed by atoms with Crippen molar-refractivity contribution in [3.05, 3.63) is 36.0 Å². The first-order valence-electron chi connectivity index (χ1n) is 6.88. The van der Waals surface area contributed by atoms with Crippen LogP contribution in [0.15, 0.2) is 30.5 Å². The molecule has 0 unspecified atom stereocenters. The molecule has 0 aliphatic carbocycles. The Morgan fingerprint density at radius 2 is 1.90 bits per heavy atom. The lowest BCUT2D eigenvalue weighted by Gasteiger charge is -2.22. The van der Waals surface area contributed by atoms with Gasteiger partial charge in [-0.05, 0) is 33.8 Å². The number of aromatic nitrogens is 1. The predicted molar refractivity (Wildman–Crippen MR) is 81.1 cm³/mol. The van der Waals surface area contributed by atoms with Gasteiger partial charge in [-0.15, -0.1) is 0 Å². The lowest BCUT2D eigenvalue weighted by atomic mass is 10.1. The number of benzene rings is 1. The normalized spacial score (nSPS) is 13.0. The van der Waals surface area contributed by atoms with Crippen LogP contribution in [0.4, 0.5) is 0 Å². The van der Waals surface area contributed by atoms with Crippen molar-refractivity contribution in [2.45, 2.75) is 39.3 Å². The SMILES string of the molecule is C[C@@H](NC(=O)c1c[nH]c2ccccc12)C(=O)OC(C)(C)C. The molecule has 2 rings (SSSR count). The van der Waals surface area contributed by atoms with Crippen LogP contribution >= 0.6 is 0 Å². The monoisotopic (exact) mass is 288 g/mol. The molecule has 1 aromatic carbocycles.